The normalized spacial score (nSPS) is 14.6. The van der Waals surface area contributed by atoms with Gasteiger partial charge in [0.05, 0.1) is 17.5 Å². The highest BCUT2D eigenvalue weighted by molar-refractivity contribution is 7.99. The molecular formula is C21H20Cl2N4OS. The zero-order chi connectivity index (χ0) is 20.4. The van der Waals surface area contributed by atoms with Crippen LogP contribution in [0.4, 0.5) is 0 Å². The molecule has 0 aliphatic heterocycles. The van der Waals surface area contributed by atoms with Crippen LogP contribution in [-0.2, 0) is 4.79 Å². The number of hydrogen-bond donors (Lipinski definition) is 1. The fourth-order valence-electron chi connectivity index (χ4n) is 3.07. The molecule has 5 nitrogen and oxygen atoms in total. The smallest absolute Gasteiger partial charge is 0.230 e. The van der Waals surface area contributed by atoms with E-state index in [0.29, 0.717) is 21.1 Å². The maximum absolute atomic E-state index is 12.4. The third-order valence-electron chi connectivity index (χ3n) is 4.69. The number of nitrogens with zero attached hydrogens (tertiary/aromatic N) is 3. The molecule has 1 heterocycles. The van der Waals surface area contributed by atoms with Crippen LogP contribution in [-0.4, -0.2) is 26.4 Å². The Morgan fingerprint density at radius 3 is 2.69 bits per heavy atom. The average Bonchev–Trinajstić information content (AvgIpc) is 3.46. The van der Waals surface area contributed by atoms with Gasteiger partial charge < -0.3 is 5.32 Å². The van der Waals surface area contributed by atoms with Gasteiger partial charge in [0.1, 0.15) is 5.82 Å². The van der Waals surface area contributed by atoms with Crippen molar-refractivity contribution in [1.82, 2.24) is 20.1 Å². The van der Waals surface area contributed by atoms with Gasteiger partial charge in [0.2, 0.25) is 11.1 Å². The Hall–Kier alpha value is -2.02. The Bertz CT molecular complexity index is 1020. The van der Waals surface area contributed by atoms with Crippen LogP contribution in [0.5, 0.6) is 0 Å². The minimum absolute atomic E-state index is 0.0995. The number of carbonyl (C=O) groups is 1. The van der Waals surface area contributed by atoms with Gasteiger partial charge in [-0.25, -0.2) is 9.67 Å². The van der Waals surface area contributed by atoms with Gasteiger partial charge in [-0.2, -0.15) is 0 Å². The predicted octanol–water partition coefficient (Wildman–Crippen LogP) is 5.42. The number of aromatic nitrogens is 3. The molecule has 0 radical (unpaired) electrons. The number of halogens is 2. The van der Waals surface area contributed by atoms with Crippen molar-refractivity contribution >= 4 is 40.9 Å². The zero-order valence-electron chi connectivity index (χ0n) is 15.8. The molecule has 0 bridgehead atoms. The van der Waals surface area contributed by atoms with Crippen LogP contribution in [0, 0.1) is 0 Å². The molecule has 4 rings (SSSR count). The lowest BCUT2D eigenvalue weighted by molar-refractivity contribution is -0.119. The Labute approximate surface area is 183 Å². The van der Waals surface area contributed by atoms with E-state index in [4.69, 9.17) is 23.2 Å². The molecule has 0 spiro atoms. The minimum Gasteiger partial charge on any atom is -0.349 e. The molecule has 1 aliphatic carbocycles. The summed E-state index contributed by atoms with van der Waals surface area (Å²) in [4.78, 5) is 17.1. The van der Waals surface area contributed by atoms with E-state index >= 15 is 0 Å². The van der Waals surface area contributed by atoms with Gasteiger partial charge in [0, 0.05) is 16.0 Å². The van der Waals surface area contributed by atoms with Gasteiger partial charge >= 0.3 is 0 Å². The van der Waals surface area contributed by atoms with Crippen LogP contribution in [0.15, 0.2) is 53.7 Å². The van der Waals surface area contributed by atoms with Crippen molar-refractivity contribution in [2.45, 2.75) is 36.9 Å². The molecule has 1 N–H and O–H groups in total. The van der Waals surface area contributed by atoms with E-state index in [1.165, 1.54) is 11.8 Å². The average molecular weight is 447 g/mol. The summed E-state index contributed by atoms with van der Waals surface area (Å²) in [7, 11) is 0. The molecule has 0 saturated heterocycles. The molecule has 29 heavy (non-hydrogen) atoms. The summed E-state index contributed by atoms with van der Waals surface area (Å²) in [5, 5.41) is 9.31. The van der Waals surface area contributed by atoms with E-state index in [1.54, 1.807) is 12.1 Å². The monoisotopic (exact) mass is 446 g/mol. The summed E-state index contributed by atoms with van der Waals surface area (Å²) in [6, 6.07) is 15.0. The van der Waals surface area contributed by atoms with E-state index < -0.39 is 0 Å². The molecule has 1 aromatic heterocycles. The molecule has 1 fully saturated rings. The summed E-state index contributed by atoms with van der Waals surface area (Å²) in [6.45, 7) is 1.89. The highest BCUT2D eigenvalue weighted by Gasteiger charge is 2.30. The molecule has 3 aromatic rings. The van der Waals surface area contributed by atoms with Crippen LogP contribution >= 0.6 is 35.0 Å². The topological polar surface area (TPSA) is 59.8 Å². The molecule has 0 unspecified atom stereocenters. The van der Waals surface area contributed by atoms with Crippen molar-refractivity contribution in [3.05, 3.63) is 70.0 Å². The van der Waals surface area contributed by atoms with Gasteiger partial charge in [-0.05, 0) is 49.6 Å². The lowest BCUT2D eigenvalue weighted by atomic mass is 10.1. The molecule has 1 aliphatic rings. The van der Waals surface area contributed by atoms with Gasteiger partial charge in [-0.15, -0.1) is 5.10 Å². The Balaban J connectivity index is 1.40. The first-order valence-corrected chi connectivity index (χ1v) is 11.1. The van der Waals surface area contributed by atoms with Crippen LogP contribution in [0.1, 0.15) is 43.1 Å². The maximum Gasteiger partial charge on any atom is 0.230 e. The summed E-state index contributed by atoms with van der Waals surface area (Å²) >= 11 is 13.5. The minimum atomic E-state index is -0.218. The number of hydrogen-bond acceptors (Lipinski definition) is 4. The van der Waals surface area contributed by atoms with Crippen LogP contribution in [0.25, 0.3) is 5.69 Å². The first-order valence-electron chi connectivity index (χ1n) is 9.41. The zero-order valence-corrected chi connectivity index (χ0v) is 18.1. The quantitative estimate of drug-likeness (QED) is 0.492. The number of amides is 1. The summed E-state index contributed by atoms with van der Waals surface area (Å²) < 4.78 is 1.90. The maximum atomic E-state index is 12.4. The van der Waals surface area contributed by atoms with Crippen molar-refractivity contribution < 1.29 is 4.79 Å². The molecule has 8 heteroatoms. The molecule has 1 saturated carbocycles. The van der Waals surface area contributed by atoms with E-state index in [1.807, 2.05) is 48.0 Å². The van der Waals surface area contributed by atoms with E-state index in [2.05, 4.69) is 15.4 Å². The number of rotatable bonds is 7. The largest absolute Gasteiger partial charge is 0.349 e. The number of para-hydroxylation sites is 1. The molecule has 150 valence electrons. The molecule has 1 atom stereocenters. The van der Waals surface area contributed by atoms with Crippen molar-refractivity contribution in [2.75, 3.05) is 5.75 Å². The molecular weight excluding hydrogens is 427 g/mol. The molecule has 2 aromatic carbocycles. The third kappa shape index (κ3) is 4.94. The van der Waals surface area contributed by atoms with Gasteiger partial charge in [-0.3, -0.25) is 4.79 Å². The SMILES string of the molecule is C[C@@H](NC(=O)CSc1nc(C2CC2)n(-c2ccccc2)n1)c1ccc(Cl)cc1Cl. The third-order valence-corrected chi connectivity index (χ3v) is 6.09. The number of thioether (sulfide) groups is 1. The van der Waals surface area contributed by atoms with Gasteiger partial charge in [0.25, 0.3) is 0 Å². The Kier molecular flexibility index (Phi) is 6.13. The van der Waals surface area contributed by atoms with Crippen LogP contribution in [0.3, 0.4) is 0 Å². The second kappa shape index (κ2) is 8.78. The second-order valence-electron chi connectivity index (χ2n) is 7.02. The lowest BCUT2D eigenvalue weighted by Crippen LogP contribution is -2.28. The van der Waals surface area contributed by atoms with E-state index in [-0.39, 0.29) is 17.7 Å². The lowest BCUT2D eigenvalue weighted by Gasteiger charge is -2.15. The first-order chi connectivity index (χ1) is 14.0. The van der Waals surface area contributed by atoms with Crippen molar-refractivity contribution in [2.24, 2.45) is 0 Å². The van der Waals surface area contributed by atoms with Crippen LogP contribution in [0.2, 0.25) is 10.0 Å². The van der Waals surface area contributed by atoms with Crippen molar-refractivity contribution in [3.63, 3.8) is 0 Å². The standard InChI is InChI=1S/C21H20Cl2N4OS/c1-13(17-10-9-15(22)11-18(17)23)24-19(28)12-29-21-25-20(14-7-8-14)27(26-21)16-5-3-2-4-6-16/h2-6,9-11,13-14H,7-8,12H2,1H3,(H,24,28)/t13-/m1/s1. The fraction of sp³-hybridized carbons (Fsp3) is 0.286. The summed E-state index contributed by atoms with van der Waals surface area (Å²) in [5.41, 5.74) is 1.82. The molecule has 1 amide bonds. The number of carbonyl (C=O) groups excluding carboxylic acids is 1. The predicted molar refractivity (Wildman–Crippen MR) is 117 cm³/mol. The van der Waals surface area contributed by atoms with Crippen molar-refractivity contribution in [3.8, 4) is 5.69 Å². The summed E-state index contributed by atoms with van der Waals surface area (Å²) in [5.74, 6) is 1.56. The second-order valence-corrected chi connectivity index (χ2v) is 8.80. The highest BCUT2D eigenvalue weighted by Crippen LogP contribution is 2.40. The van der Waals surface area contributed by atoms with Crippen molar-refractivity contribution in [1.29, 1.82) is 0 Å². The van der Waals surface area contributed by atoms with E-state index in [9.17, 15) is 4.79 Å². The number of nitrogens with one attached hydrogen (secondary N) is 1. The fourth-order valence-corrected chi connectivity index (χ4v) is 4.29. The van der Waals surface area contributed by atoms with Gasteiger partial charge in [0.15, 0.2) is 0 Å². The first kappa shape index (κ1) is 20.3. The van der Waals surface area contributed by atoms with Crippen LogP contribution < -0.4 is 5.32 Å². The summed E-state index contributed by atoms with van der Waals surface area (Å²) in [6.07, 6.45) is 2.27. The number of benzene rings is 2. The Morgan fingerprint density at radius 2 is 2.00 bits per heavy atom. The van der Waals surface area contributed by atoms with Gasteiger partial charge in [-0.1, -0.05) is 59.2 Å². The Morgan fingerprint density at radius 1 is 1.24 bits per heavy atom. The highest BCUT2D eigenvalue weighted by atomic mass is 35.5. The van der Waals surface area contributed by atoms with E-state index in [0.717, 1.165) is 29.9 Å².